The highest BCUT2D eigenvalue weighted by molar-refractivity contribution is 5.97. The second-order valence-electron chi connectivity index (χ2n) is 8.39. The van der Waals surface area contributed by atoms with Crippen LogP contribution in [0.5, 0.6) is 0 Å². The summed E-state index contributed by atoms with van der Waals surface area (Å²) in [5.41, 5.74) is 0.926. The molecule has 2 aromatic carbocycles. The van der Waals surface area contributed by atoms with Gasteiger partial charge in [-0.15, -0.1) is 0 Å². The van der Waals surface area contributed by atoms with Crippen molar-refractivity contribution in [2.24, 2.45) is 0 Å². The minimum atomic E-state index is -1.21. The van der Waals surface area contributed by atoms with Crippen LogP contribution in [0.2, 0.25) is 0 Å². The molecule has 31 heavy (non-hydrogen) atoms. The first-order valence-corrected chi connectivity index (χ1v) is 10.6. The minimum absolute atomic E-state index is 0.00590. The predicted molar refractivity (Wildman–Crippen MR) is 117 cm³/mol. The number of rotatable bonds is 5. The molecule has 1 atom stereocenters. The van der Waals surface area contributed by atoms with Crippen molar-refractivity contribution < 1.29 is 19.1 Å². The lowest BCUT2D eigenvalue weighted by Gasteiger charge is -2.36. The third kappa shape index (κ3) is 4.94. The number of esters is 1. The van der Waals surface area contributed by atoms with E-state index in [9.17, 15) is 14.4 Å². The number of carbonyl (C=O) groups excluding carboxylic acids is 3. The fourth-order valence-corrected chi connectivity index (χ4v) is 4.16. The van der Waals surface area contributed by atoms with Crippen molar-refractivity contribution in [3.8, 4) is 0 Å². The summed E-state index contributed by atoms with van der Waals surface area (Å²) >= 11 is 0. The van der Waals surface area contributed by atoms with Crippen LogP contribution in [0.25, 0.3) is 0 Å². The molecule has 0 aromatic heterocycles. The number of carbonyl (C=O) groups is 3. The molecule has 2 aliphatic heterocycles. The second kappa shape index (κ2) is 8.89. The summed E-state index contributed by atoms with van der Waals surface area (Å²) in [5, 5.41) is 5.94. The van der Waals surface area contributed by atoms with E-state index in [1.54, 1.807) is 19.1 Å². The largest absolute Gasteiger partial charge is 0.445 e. The Morgan fingerprint density at radius 2 is 1.74 bits per heavy atom. The molecule has 4 rings (SSSR count). The van der Waals surface area contributed by atoms with Gasteiger partial charge in [-0.1, -0.05) is 36.4 Å². The van der Waals surface area contributed by atoms with E-state index in [4.69, 9.17) is 4.74 Å². The number of cyclic esters (lactones) is 1. The van der Waals surface area contributed by atoms with Gasteiger partial charge < -0.3 is 15.4 Å². The van der Waals surface area contributed by atoms with Crippen LogP contribution in [0.1, 0.15) is 35.7 Å². The van der Waals surface area contributed by atoms with Crippen LogP contribution in [0, 0.1) is 0 Å². The number of fused-ring (bicyclic) bond motifs is 1. The summed E-state index contributed by atoms with van der Waals surface area (Å²) in [6.07, 6.45) is 1.84. The van der Waals surface area contributed by atoms with Crippen molar-refractivity contribution in [3.63, 3.8) is 0 Å². The lowest BCUT2D eigenvalue weighted by Crippen LogP contribution is -2.55. The number of piperidine rings is 1. The van der Waals surface area contributed by atoms with Gasteiger partial charge in [0, 0.05) is 31.2 Å². The number of likely N-dealkylation sites (tertiary alicyclic amines) is 1. The Hall–Kier alpha value is -3.19. The van der Waals surface area contributed by atoms with Gasteiger partial charge in [0.05, 0.1) is 12.1 Å². The molecule has 0 bridgehead atoms. The number of hydrogen-bond donors (Lipinski definition) is 2. The Balaban J connectivity index is 1.26. The molecule has 0 aliphatic carbocycles. The lowest BCUT2D eigenvalue weighted by molar-refractivity contribution is -0.141. The summed E-state index contributed by atoms with van der Waals surface area (Å²) in [4.78, 5) is 39.6. The topological polar surface area (TPSA) is 87.7 Å². The maximum Gasteiger partial charge on any atom is 0.339 e. The molecule has 2 N–H and O–H groups in total. The molecule has 1 unspecified atom stereocenters. The molecule has 0 spiro atoms. The van der Waals surface area contributed by atoms with Gasteiger partial charge in [-0.2, -0.15) is 0 Å². The Morgan fingerprint density at radius 3 is 2.48 bits per heavy atom. The first-order chi connectivity index (χ1) is 14.9. The third-order valence-corrected chi connectivity index (χ3v) is 5.91. The van der Waals surface area contributed by atoms with Gasteiger partial charge in [0.15, 0.2) is 5.60 Å². The van der Waals surface area contributed by atoms with Crippen LogP contribution >= 0.6 is 0 Å². The van der Waals surface area contributed by atoms with E-state index in [1.807, 2.05) is 42.5 Å². The van der Waals surface area contributed by atoms with E-state index in [0.29, 0.717) is 31.6 Å². The predicted octanol–water partition coefficient (Wildman–Crippen LogP) is 2.38. The van der Waals surface area contributed by atoms with Crippen LogP contribution in [-0.2, 0) is 20.7 Å². The van der Waals surface area contributed by atoms with Crippen LogP contribution in [0.3, 0.4) is 0 Å². The van der Waals surface area contributed by atoms with Gasteiger partial charge in [0.1, 0.15) is 0 Å². The Morgan fingerprint density at radius 1 is 1.06 bits per heavy atom. The van der Waals surface area contributed by atoms with Gasteiger partial charge in [0.25, 0.3) is 5.91 Å². The van der Waals surface area contributed by atoms with Gasteiger partial charge in [-0.25, -0.2) is 4.79 Å². The van der Waals surface area contributed by atoms with Crippen molar-refractivity contribution >= 4 is 23.5 Å². The molecule has 2 aliphatic rings. The highest BCUT2D eigenvalue weighted by atomic mass is 16.6. The van der Waals surface area contributed by atoms with E-state index in [1.165, 1.54) is 0 Å². The van der Waals surface area contributed by atoms with E-state index in [0.717, 1.165) is 24.1 Å². The zero-order valence-corrected chi connectivity index (χ0v) is 17.6. The molecule has 0 saturated carbocycles. The third-order valence-electron chi connectivity index (χ3n) is 5.91. The molecule has 0 radical (unpaired) electrons. The molecule has 7 heteroatoms. The van der Waals surface area contributed by atoms with E-state index in [-0.39, 0.29) is 17.9 Å². The number of amides is 2. The van der Waals surface area contributed by atoms with Crippen molar-refractivity contribution in [3.05, 3.63) is 65.7 Å². The van der Waals surface area contributed by atoms with Crippen LogP contribution in [0.4, 0.5) is 5.69 Å². The average molecular weight is 421 g/mol. The SMILES string of the molecule is CC1(C(=O)NC2CCN(CC(=O)Nc3ccccc3)CC2)Cc2ccccc2C(=O)O1. The Bertz CT molecular complexity index is 970. The fraction of sp³-hybridized carbons (Fsp3) is 0.375. The van der Waals surface area contributed by atoms with E-state index < -0.39 is 11.6 Å². The number of ether oxygens (including phenoxy) is 1. The van der Waals surface area contributed by atoms with Gasteiger partial charge in [-0.05, 0) is 43.5 Å². The number of nitrogens with one attached hydrogen (secondary N) is 2. The molecule has 162 valence electrons. The molecule has 1 fully saturated rings. The van der Waals surface area contributed by atoms with Crippen LogP contribution in [0.15, 0.2) is 54.6 Å². The molecule has 2 heterocycles. The summed E-state index contributed by atoms with van der Waals surface area (Å²) in [6, 6.07) is 16.6. The smallest absolute Gasteiger partial charge is 0.339 e. The highest BCUT2D eigenvalue weighted by Gasteiger charge is 2.43. The van der Waals surface area contributed by atoms with Crippen molar-refractivity contribution in [2.45, 2.75) is 37.8 Å². The van der Waals surface area contributed by atoms with E-state index >= 15 is 0 Å². The summed E-state index contributed by atoms with van der Waals surface area (Å²) < 4.78 is 5.52. The molecule has 7 nitrogen and oxygen atoms in total. The summed E-state index contributed by atoms with van der Waals surface area (Å²) in [6.45, 7) is 3.42. The second-order valence-corrected chi connectivity index (χ2v) is 8.39. The number of nitrogens with zero attached hydrogens (tertiary/aromatic N) is 1. The van der Waals surface area contributed by atoms with Crippen LogP contribution < -0.4 is 10.6 Å². The van der Waals surface area contributed by atoms with Gasteiger partial charge in [-0.3, -0.25) is 14.5 Å². The average Bonchev–Trinajstić information content (AvgIpc) is 2.75. The summed E-state index contributed by atoms with van der Waals surface area (Å²) in [7, 11) is 0. The first kappa shape index (κ1) is 21.1. The first-order valence-electron chi connectivity index (χ1n) is 10.6. The zero-order valence-electron chi connectivity index (χ0n) is 17.6. The Labute approximate surface area is 181 Å². The highest BCUT2D eigenvalue weighted by Crippen LogP contribution is 2.28. The van der Waals surface area contributed by atoms with Crippen molar-refractivity contribution in [1.82, 2.24) is 10.2 Å². The monoisotopic (exact) mass is 421 g/mol. The summed E-state index contributed by atoms with van der Waals surface area (Å²) in [5.74, 6) is -0.775. The molecule has 1 saturated heterocycles. The number of para-hydroxylation sites is 1. The zero-order chi connectivity index (χ0) is 21.8. The lowest BCUT2D eigenvalue weighted by atomic mass is 9.89. The molecule has 2 amide bonds. The van der Waals surface area contributed by atoms with E-state index in [2.05, 4.69) is 15.5 Å². The molecular formula is C24H27N3O4. The number of anilines is 1. The van der Waals surface area contributed by atoms with Crippen molar-refractivity contribution in [2.75, 3.05) is 25.0 Å². The number of hydrogen-bond acceptors (Lipinski definition) is 5. The fourth-order valence-electron chi connectivity index (χ4n) is 4.16. The maximum absolute atomic E-state index is 12.9. The maximum atomic E-state index is 12.9. The minimum Gasteiger partial charge on any atom is -0.445 e. The normalized spacial score (nSPS) is 21.6. The molecular weight excluding hydrogens is 394 g/mol. The Kier molecular flexibility index (Phi) is 6.04. The van der Waals surface area contributed by atoms with Crippen LogP contribution in [-0.4, -0.2) is 54.0 Å². The van der Waals surface area contributed by atoms with Gasteiger partial charge >= 0.3 is 5.97 Å². The molecule has 2 aromatic rings. The standard InChI is InChI=1S/C24H27N3O4/c1-24(15-17-7-5-6-10-20(17)22(29)31-24)23(30)26-19-11-13-27(14-12-19)16-21(28)25-18-8-3-2-4-9-18/h2-10,19H,11-16H2,1H3,(H,25,28)(H,26,30). The van der Waals surface area contributed by atoms with Crippen molar-refractivity contribution in [1.29, 1.82) is 0 Å². The number of benzene rings is 2. The quantitative estimate of drug-likeness (QED) is 0.724. The van der Waals surface area contributed by atoms with Gasteiger partial charge in [0.2, 0.25) is 5.91 Å².